The van der Waals surface area contributed by atoms with E-state index < -0.39 is 0 Å². The first-order valence-electron chi connectivity index (χ1n) is 9.17. The molecule has 1 unspecified atom stereocenters. The summed E-state index contributed by atoms with van der Waals surface area (Å²) in [5.41, 5.74) is 1.21. The molecule has 0 bridgehead atoms. The highest BCUT2D eigenvalue weighted by Crippen LogP contribution is 2.16. The van der Waals surface area contributed by atoms with Crippen molar-refractivity contribution in [3.63, 3.8) is 0 Å². The van der Waals surface area contributed by atoms with E-state index in [2.05, 4.69) is 17.2 Å². The lowest BCUT2D eigenvalue weighted by Gasteiger charge is -2.31. The van der Waals surface area contributed by atoms with Gasteiger partial charge in [0.05, 0.1) is 25.9 Å². The van der Waals surface area contributed by atoms with Gasteiger partial charge < -0.3 is 14.2 Å². The van der Waals surface area contributed by atoms with Gasteiger partial charge in [-0.25, -0.2) is 0 Å². The van der Waals surface area contributed by atoms with Gasteiger partial charge >= 0.3 is 0 Å². The summed E-state index contributed by atoms with van der Waals surface area (Å²) in [6.45, 7) is 4.58. The fourth-order valence-corrected chi connectivity index (χ4v) is 3.10. The number of rotatable bonds is 8. The number of nitrogens with zero attached hydrogens (tertiary/aromatic N) is 1. The maximum Gasteiger partial charge on any atom is 0.157 e. The third kappa shape index (κ3) is 6.15. The highest BCUT2D eigenvalue weighted by atomic mass is 16.7. The lowest BCUT2D eigenvalue weighted by Crippen LogP contribution is -2.37. The Hall–Kier alpha value is -0.980. The maximum absolute atomic E-state index is 5.92. The monoisotopic (exact) mass is 335 g/mol. The van der Waals surface area contributed by atoms with Crippen LogP contribution in [-0.4, -0.2) is 50.4 Å². The summed E-state index contributed by atoms with van der Waals surface area (Å²) in [5, 5.41) is 2.05. The van der Waals surface area contributed by atoms with Crippen LogP contribution in [0.3, 0.4) is 0 Å². The smallest absolute Gasteiger partial charge is 0.157 e. The molecule has 24 heavy (non-hydrogen) atoms. The topological polar surface area (TPSA) is 40.2 Å². The number of benzene rings is 1. The average molecular weight is 335 g/mol. The molecule has 0 amide bonds. The molecule has 2 fully saturated rings. The molecule has 1 aromatic carbocycles. The van der Waals surface area contributed by atoms with Crippen molar-refractivity contribution in [1.82, 2.24) is 5.06 Å². The minimum absolute atomic E-state index is 0.0180. The fraction of sp³-hybridized carbons (Fsp3) is 0.684. The molecule has 0 radical (unpaired) electrons. The Morgan fingerprint density at radius 2 is 1.75 bits per heavy atom. The van der Waals surface area contributed by atoms with Crippen molar-refractivity contribution >= 4 is 0 Å². The zero-order valence-electron chi connectivity index (χ0n) is 14.4. The molecule has 0 spiro atoms. The first-order valence-corrected chi connectivity index (χ1v) is 9.17. The van der Waals surface area contributed by atoms with Crippen LogP contribution < -0.4 is 0 Å². The van der Waals surface area contributed by atoms with E-state index in [9.17, 15) is 0 Å². The first-order chi connectivity index (χ1) is 11.9. The predicted molar refractivity (Wildman–Crippen MR) is 91.3 cm³/mol. The number of ether oxygens (including phenoxy) is 3. The molecule has 0 N–H and O–H groups in total. The van der Waals surface area contributed by atoms with Crippen LogP contribution in [0.2, 0.25) is 0 Å². The summed E-state index contributed by atoms with van der Waals surface area (Å²) in [7, 11) is 0. The molecule has 134 valence electrons. The lowest BCUT2D eigenvalue weighted by molar-refractivity contribution is -0.197. The molecule has 2 saturated heterocycles. The Balaban J connectivity index is 1.23. The second-order valence-electron chi connectivity index (χ2n) is 6.43. The summed E-state index contributed by atoms with van der Waals surface area (Å²) in [6, 6.07) is 10.3. The number of hydrogen-bond acceptors (Lipinski definition) is 5. The summed E-state index contributed by atoms with van der Waals surface area (Å²) < 4.78 is 17.2. The third-order valence-electron chi connectivity index (χ3n) is 4.54. The second kappa shape index (κ2) is 10.1. The van der Waals surface area contributed by atoms with E-state index in [0.29, 0.717) is 25.9 Å². The molecule has 1 aromatic rings. The third-order valence-corrected chi connectivity index (χ3v) is 4.54. The van der Waals surface area contributed by atoms with Crippen molar-refractivity contribution < 1.29 is 19.0 Å². The van der Waals surface area contributed by atoms with E-state index in [1.807, 2.05) is 18.2 Å². The molecule has 2 heterocycles. The quantitative estimate of drug-likeness (QED) is 0.683. The highest BCUT2D eigenvalue weighted by molar-refractivity contribution is 5.13. The van der Waals surface area contributed by atoms with Gasteiger partial charge in [-0.15, -0.1) is 0 Å². The van der Waals surface area contributed by atoms with Crippen LogP contribution >= 0.6 is 0 Å². The normalized spacial score (nSPS) is 23.4. The zero-order chi connectivity index (χ0) is 16.5. The van der Waals surface area contributed by atoms with Gasteiger partial charge in [-0.05, 0) is 37.7 Å². The van der Waals surface area contributed by atoms with Gasteiger partial charge in [-0.3, -0.25) is 4.84 Å². The standard InChI is InChI=1S/C19H29NO4/c1-2-6-17(7-3-1)16-24-20-11-9-18(10-12-20)21-14-15-23-19-8-4-5-13-22-19/h1-3,6-7,18-19H,4-5,8-16H2. The van der Waals surface area contributed by atoms with Gasteiger partial charge in [0.1, 0.15) is 0 Å². The van der Waals surface area contributed by atoms with E-state index in [1.165, 1.54) is 12.0 Å². The van der Waals surface area contributed by atoms with E-state index in [0.717, 1.165) is 45.4 Å². The van der Waals surface area contributed by atoms with Crippen LogP contribution in [0.25, 0.3) is 0 Å². The van der Waals surface area contributed by atoms with Gasteiger partial charge in [0.25, 0.3) is 0 Å². The molecule has 3 rings (SSSR count). The van der Waals surface area contributed by atoms with Gasteiger partial charge in [-0.1, -0.05) is 30.3 Å². The summed E-state index contributed by atoms with van der Waals surface area (Å²) in [4.78, 5) is 5.86. The second-order valence-corrected chi connectivity index (χ2v) is 6.43. The van der Waals surface area contributed by atoms with Crippen molar-refractivity contribution in [3.05, 3.63) is 35.9 Å². The van der Waals surface area contributed by atoms with Crippen molar-refractivity contribution in [2.45, 2.75) is 51.1 Å². The fourth-order valence-electron chi connectivity index (χ4n) is 3.10. The Morgan fingerprint density at radius 3 is 2.50 bits per heavy atom. The van der Waals surface area contributed by atoms with Crippen LogP contribution in [0.15, 0.2) is 30.3 Å². The van der Waals surface area contributed by atoms with Crippen molar-refractivity contribution in [3.8, 4) is 0 Å². The zero-order valence-corrected chi connectivity index (χ0v) is 14.4. The Bertz CT molecular complexity index is 442. The molecule has 2 aliphatic heterocycles. The number of hydrogen-bond donors (Lipinski definition) is 0. The largest absolute Gasteiger partial charge is 0.376 e. The van der Waals surface area contributed by atoms with Crippen molar-refractivity contribution in [1.29, 1.82) is 0 Å². The van der Waals surface area contributed by atoms with E-state index in [-0.39, 0.29) is 6.29 Å². The first kappa shape index (κ1) is 17.8. The van der Waals surface area contributed by atoms with E-state index in [4.69, 9.17) is 19.0 Å². The number of hydroxylamine groups is 2. The lowest BCUT2D eigenvalue weighted by atomic mass is 10.1. The molecule has 1 atom stereocenters. The van der Waals surface area contributed by atoms with Crippen LogP contribution in [0, 0.1) is 0 Å². The Morgan fingerprint density at radius 1 is 0.958 bits per heavy atom. The maximum atomic E-state index is 5.92. The van der Waals surface area contributed by atoms with Crippen LogP contribution in [0.5, 0.6) is 0 Å². The van der Waals surface area contributed by atoms with Gasteiger partial charge in [0, 0.05) is 19.7 Å². The van der Waals surface area contributed by atoms with E-state index >= 15 is 0 Å². The van der Waals surface area contributed by atoms with Crippen molar-refractivity contribution in [2.24, 2.45) is 0 Å². The Kier molecular flexibility index (Phi) is 7.51. The molecule has 0 aliphatic carbocycles. The molecule has 0 aromatic heterocycles. The summed E-state index contributed by atoms with van der Waals surface area (Å²) >= 11 is 0. The van der Waals surface area contributed by atoms with Gasteiger partial charge in [0.2, 0.25) is 0 Å². The minimum Gasteiger partial charge on any atom is -0.376 e. The highest BCUT2D eigenvalue weighted by Gasteiger charge is 2.20. The van der Waals surface area contributed by atoms with Crippen LogP contribution in [-0.2, 0) is 25.7 Å². The van der Waals surface area contributed by atoms with Crippen LogP contribution in [0.4, 0.5) is 0 Å². The van der Waals surface area contributed by atoms with Gasteiger partial charge in [-0.2, -0.15) is 5.06 Å². The summed E-state index contributed by atoms with van der Waals surface area (Å²) in [5.74, 6) is 0. The minimum atomic E-state index is -0.0180. The van der Waals surface area contributed by atoms with Gasteiger partial charge in [0.15, 0.2) is 6.29 Å². The molecule has 5 nitrogen and oxygen atoms in total. The Labute approximate surface area is 144 Å². The summed E-state index contributed by atoms with van der Waals surface area (Å²) in [6.07, 6.45) is 5.68. The molecular weight excluding hydrogens is 306 g/mol. The number of piperidine rings is 1. The molecule has 5 heteroatoms. The average Bonchev–Trinajstić information content (AvgIpc) is 2.66. The SMILES string of the molecule is c1ccc(CON2CCC(OCCOC3CCCCO3)CC2)cc1. The van der Waals surface area contributed by atoms with Crippen LogP contribution in [0.1, 0.15) is 37.7 Å². The van der Waals surface area contributed by atoms with E-state index in [1.54, 1.807) is 0 Å². The van der Waals surface area contributed by atoms with Crippen molar-refractivity contribution in [2.75, 3.05) is 32.9 Å². The molecule has 2 aliphatic rings. The molecular formula is C19H29NO4. The predicted octanol–water partition coefficient (Wildman–Crippen LogP) is 3.14. The molecule has 0 saturated carbocycles.